The van der Waals surface area contributed by atoms with Crippen molar-refractivity contribution in [2.45, 2.75) is 46.0 Å². The Morgan fingerprint density at radius 3 is 1.52 bits per heavy atom. The fourth-order valence-corrected chi connectivity index (χ4v) is 2.23. The normalized spacial score (nSPS) is 10.6. The van der Waals surface area contributed by atoms with Gasteiger partial charge >= 0.3 is 0 Å². The summed E-state index contributed by atoms with van der Waals surface area (Å²) >= 11 is 0. The van der Waals surface area contributed by atoms with Crippen molar-refractivity contribution in [2.24, 2.45) is 0 Å². The topological polar surface area (TPSA) is 124 Å². The number of hydrogen-bond acceptors (Lipinski definition) is 7. The summed E-state index contributed by atoms with van der Waals surface area (Å²) in [6, 6.07) is 0. The van der Waals surface area contributed by atoms with Gasteiger partial charge in [0.25, 0.3) is 0 Å². The maximum Gasteiger partial charge on any atom is 0.246 e. The summed E-state index contributed by atoms with van der Waals surface area (Å²) in [5.41, 5.74) is 0. The van der Waals surface area contributed by atoms with Crippen LogP contribution in [0, 0.1) is 0 Å². The summed E-state index contributed by atoms with van der Waals surface area (Å²) in [5, 5.41) is 8.22. The molecule has 0 bridgehead atoms. The zero-order chi connectivity index (χ0) is 23.0. The number of nitrogens with one attached hydrogen (secondary N) is 3. The van der Waals surface area contributed by atoms with Crippen LogP contribution in [0.15, 0.2) is 0 Å². The summed E-state index contributed by atoms with van der Waals surface area (Å²) in [7, 11) is 0. The molecule has 182 valence electrons. The molecule has 0 saturated heterocycles. The second-order valence-electron chi connectivity index (χ2n) is 6.84. The molecule has 3 N–H and O–H groups in total. The zero-order valence-corrected chi connectivity index (χ0v) is 19.2. The summed E-state index contributed by atoms with van der Waals surface area (Å²) in [6.07, 6.45) is 4.43. The van der Waals surface area contributed by atoms with Crippen molar-refractivity contribution >= 4 is 17.7 Å². The Balaban J connectivity index is 3.30. The first-order valence-electron chi connectivity index (χ1n) is 11.2. The van der Waals surface area contributed by atoms with Gasteiger partial charge in [-0.05, 0) is 12.8 Å². The highest BCUT2D eigenvalue weighted by Gasteiger charge is 2.02. The summed E-state index contributed by atoms with van der Waals surface area (Å²) in [6.45, 7) is 7.70. The average Bonchev–Trinajstić information content (AvgIpc) is 2.76. The molecule has 3 amide bonds. The number of hydrogen-bond donors (Lipinski definition) is 3. The van der Waals surface area contributed by atoms with E-state index >= 15 is 0 Å². The van der Waals surface area contributed by atoms with Crippen LogP contribution in [-0.4, -0.2) is 90.2 Å². The van der Waals surface area contributed by atoms with Gasteiger partial charge in [0.1, 0.15) is 13.2 Å². The van der Waals surface area contributed by atoms with Gasteiger partial charge in [0, 0.05) is 26.1 Å². The summed E-state index contributed by atoms with van der Waals surface area (Å²) in [5.74, 6) is -0.313. The molecule has 0 aromatic heterocycles. The first-order valence-corrected chi connectivity index (χ1v) is 11.2. The van der Waals surface area contributed by atoms with Gasteiger partial charge in [0.15, 0.2) is 0 Å². The van der Waals surface area contributed by atoms with Crippen molar-refractivity contribution in [1.82, 2.24) is 16.0 Å². The van der Waals surface area contributed by atoms with Crippen molar-refractivity contribution in [1.29, 1.82) is 0 Å². The van der Waals surface area contributed by atoms with Crippen LogP contribution in [0.3, 0.4) is 0 Å². The Kier molecular flexibility index (Phi) is 21.6. The summed E-state index contributed by atoms with van der Waals surface area (Å²) < 4.78 is 21.1. The highest BCUT2D eigenvalue weighted by atomic mass is 16.5. The van der Waals surface area contributed by atoms with E-state index in [4.69, 9.17) is 18.9 Å². The van der Waals surface area contributed by atoms with Gasteiger partial charge in [-0.25, -0.2) is 0 Å². The Bertz CT molecular complexity index is 464. The van der Waals surface area contributed by atoms with Crippen molar-refractivity contribution < 1.29 is 33.3 Å². The molecule has 0 rings (SSSR count). The van der Waals surface area contributed by atoms with Gasteiger partial charge in [0.05, 0.1) is 39.6 Å². The zero-order valence-electron chi connectivity index (χ0n) is 19.2. The van der Waals surface area contributed by atoms with Crippen LogP contribution in [0.25, 0.3) is 0 Å². The third-order valence-electron chi connectivity index (χ3n) is 3.96. The molecule has 0 heterocycles. The van der Waals surface area contributed by atoms with E-state index < -0.39 is 0 Å². The number of carbonyl (C=O) groups is 3. The van der Waals surface area contributed by atoms with Crippen LogP contribution in [-0.2, 0) is 33.3 Å². The smallest absolute Gasteiger partial charge is 0.246 e. The first kappa shape index (κ1) is 29.2. The molecular weight excluding hydrogens is 406 g/mol. The van der Waals surface area contributed by atoms with Crippen LogP contribution in [0.2, 0.25) is 0 Å². The van der Waals surface area contributed by atoms with Gasteiger partial charge in [-0.1, -0.05) is 26.7 Å². The Morgan fingerprint density at radius 1 is 0.548 bits per heavy atom. The molecule has 0 fully saturated rings. The van der Waals surface area contributed by atoms with Crippen molar-refractivity contribution in [3.05, 3.63) is 0 Å². The number of rotatable bonds is 22. The second-order valence-corrected chi connectivity index (χ2v) is 6.84. The molecule has 31 heavy (non-hydrogen) atoms. The van der Waals surface area contributed by atoms with Crippen LogP contribution in [0.1, 0.15) is 46.0 Å². The molecule has 10 heteroatoms. The monoisotopic (exact) mass is 447 g/mol. The molecule has 0 atom stereocenters. The van der Waals surface area contributed by atoms with Crippen LogP contribution in [0.5, 0.6) is 0 Å². The minimum atomic E-state index is -0.230. The van der Waals surface area contributed by atoms with E-state index in [9.17, 15) is 14.4 Å². The summed E-state index contributed by atoms with van der Waals surface area (Å²) in [4.78, 5) is 34.4. The molecule has 0 aromatic carbocycles. The standard InChI is InChI=1S/C21H41N3O7/c1-3-5-7-19(25)23-9-11-28-13-16-31-18-21(27)24-10-12-29-14-15-30-17-20(26)22-8-6-4-2/h3-18H2,1-2H3,(H,22,26)(H,23,25)(H,24,27). The fraction of sp³-hybridized carbons (Fsp3) is 0.857. The molecular formula is C21H41N3O7. The Hall–Kier alpha value is -1.75. The lowest BCUT2D eigenvalue weighted by molar-refractivity contribution is -0.127. The molecule has 0 aliphatic rings. The quantitative estimate of drug-likeness (QED) is 0.205. The molecule has 0 unspecified atom stereocenters. The Morgan fingerprint density at radius 2 is 1.00 bits per heavy atom. The van der Waals surface area contributed by atoms with Gasteiger partial charge < -0.3 is 34.9 Å². The van der Waals surface area contributed by atoms with Gasteiger partial charge in [-0.3, -0.25) is 14.4 Å². The lowest BCUT2D eigenvalue weighted by Gasteiger charge is -2.09. The van der Waals surface area contributed by atoms with E-state index in [2.05, 4.69) is 22.9 Å². The van der Waals surface area contributed by atoms with E-state index in [0.29, 0.717) is 65.7 Å². The minimum absolute atomic E-state index is 0.0262. The maximum atomic E-state index is 11.6. The second kappa shape index (κ2) is 22.9. The van der Waals surface area contributed by atoms with Crippen LogP contribution < -0.4 is 16.0 Å². The van der Waals surface area contributed by atoms with Crippen molar-refractivity contribution in [2.75, 3.05) is 72.5 Å². The van der Waals surface area contributed by atoms with Gasteiger partial charge in [-0.15, -0.1) is 0 Å². The number of ether oxygens (including phenoxy) is 4. The average molecular weight is 448 g/mol. The molecule has 0 aliphatic carbocycles. The number of unbranched alkanes of at least 4 members (excludes halogenated alkanes) is 2. The lowest BCUT2D eigenvalue weighted by atomic mass is 10.2. The molecule has 10 nitrogen and oxygen atoms in total. The van der Waals surface area contributed by atoms with Crippen LogP contribution in [0.4, 0.5) is 0 Å². The van der Waals surface area contributed by atoms with E-state index in [-0.39, 0.29) is 30.9 Å². The van der Waals surface area contributed by atoms with Crippen LogP contribution >= 0.6 is 0 Å². The Labute approximate surface area is 186 Å². The SMILES string of the molecule is CCCCNC(=O)COCCOCCNC(=O)COCCOCCNC(=O)CCCC. The van der Waals surface area contributed by atoms with E-state index in [1.807, 2.05) is 6.92 Å². The highest BCUT2D eigenvalue weighted by Crippen LogP contribution is 1.92. The predicted molar refractivity (Wildman–Crippen MR) is 117 cm³/mol. The highest BCUT2D eigenvalue weighted by molar-refractivity contribution is 5.77. The largest absolute Gasteiger partial charge is 0.377 e. The van der Waals surface area contributed by atoms with Crippen molar-refractivity contribution in [3.8, 4) is 0 Å². The van der Waals surface area contributed by atoms with Crippen molar-refractivity contribution in [3.63, 3.8) is 0 Å². The molecule has 0 aromatic rings. The van der Waals surface area contributed by atoms with Gasteiger partial charge in [-0.2, -0.15) is 0 Å². The predicted octanol–water partition coefficient (Wildman–Crippen LogP) is 0.392. The van der Waals surface area contributed by atoms with E-state index in [1.54, 1.807) is 0 Å². The van der Waals surface area contributed by atoms with E-state index in [1.165, 1.54) is 0 Å². The molecule has 0 radical (unpaired) electrons. The van der Waals surface area contributed by atoms with Gasteiger partial charge in [0.2, 0.25) is 17.7 Å². The lowest BCUT2D eigenvalue weighted by Crippen LogP contribution is -2.31. The molecule has 0 spiro atoms. The third-order valence-corrected chi connectivity index (χ3v) is 3.96. The number of amides is 3. The minimum Gasteiger partial charge on any atom is -0.377 e. The molecule has 0 saturated carbocycles. The maximum absolute atomic E-state index is 11.6. The third kappa shape index (κ3) is 22.8. The van der Waals surface area contributed by atoms with E-state index in [0.717, 1.165) is 25.7 Å². The fourth-order valence-electron chi connectivity index (χ4n) is 2.23. The number of carbonyl (C=O) groups excluding carboxylic acids is 3. The first-order chi connectivity index (χ1) is 15.1. The molecule has 0 aliphatic heterocycles.